The van der Waals surface area contributed by atoms with Gasteiger partial charge in [-0.2, -0.15) is 4.98 Å². The number of hydrogen-bond donors (Lipinski definition) is 3. The minimum atomic E-state index is 0.128. The first-order chi connectivity index (χ1) is 18.4. The lowest BCUT2D eigenvalue weighted by molar-refractivity contribution is 0.118. The van der Waals surface area contributed by atoms with Gasteiger partial charge >= 0.3 is 0 Å². The number of aryl methyl sites for hydroxylation is 2. The molecule has 0 amide bonds. The number of anilines is 1. The van der Waals surface area contributed by atoms with Crippen molar-refractivity contribution in [1.29, 1.82) is 0 Å². The van der Waals surface area contributed by atoms with Gasteiger partial charge in [0.1, 0.15) is 6.61 Å². The minimum absolute atomic E-state index is 0.128. The fourth-order valence-electron chi connectivity index (χ4n) is 4.82. The molecule has 5 N–H and O–H groups in total. The first-order valence-corrected chi connectivity index (χ1v) is 13.8. The van der Waals surface area contributed by atoms with Crippen LogP contribution in [-0.2, 0) is 6.54 Å². The van der Waals surface area contributed by atoms with Gasteiger partial charge in [-0.1, -0.05) is 44.2 Å². The van der Waals surface area contributed by atoms with Gasteiger partial charge in [0.15, 0.2) is 0 Å². The zero-order valence-electron chi connectivity index (χ0n) is 22.6. The molecule has 0 spiro atoms. The maximum absolute atomic E-state index is 6.44. The van der Waals surface area contributed by atoms with Crippen molar-refractivity contribution >= 4 is 17.9 Å². The Balaban J connectivity index is 1.78. The Labute approximate surface area is 230 Å². The van der Waals surface area contributed by atoms with Crippen LogP contribution in [0.1, 0.15) is 37.0 Å². The molecule has 1 atom stereocenters. The summed E-state index contributed by atoms with van der Waals surface area (Å²) in [5.41, 5.74) is 18.1. The highest BCUT2D eigenvalue weighted by atomic mass is 32.2. The third-order valence-corrected chi connectivity index (χ3v) is 7.35. The monoisotopic (exact) mass is 530 g/mol. The highest BCUT2D eigenvalue weighted by Crippen LogP contribution is 2.31. The van der Waals surface area contributed by atoms with E-state index in [0.29, 0.717) is 30.9 Å². The summed E-state index contributed by atoms with van der Waals surface area (Å²) in [4.78, 5) is 13.1. The Hall–Kier alpha value is -3.49. The third kappa shape index (κ3) is 7.08. The van der Waals surface area contributed by atoms with E-state index in [1.807, 2.05) is 12.1 Å². The zero-order valence-corrected chi connectivity index (χ0v) is 23.5. The van der Waals surface area contributed by atoms with Crippen molar-refractivity contribution in [3.63, 3.8) is 0 Å². The molecule has 1 unspecified atom stereocenters. The predicted octanol–water partition coefficient (Wildman–Crippen LogP) is 5.80. The van der Waals surface area contributed by atoms with E-state index in [9.17, 15) is 0 Å². The molecule has 0 saturated carbocycles. The molecule has 1 aromatic heterocycles. The average molecular weight is 531 g/mol. The van der Waals surface area contributed by atoms with E-state index in [2.05, 4.69) is 79.8 Å². The molecule has 1 aliphatic rings. The lowest BCUT2D eigenvalue weighted by Gasteiger charge is -2.33. The topological polar surface area (TPSA) is 102 Å². The fraction of sp³-hybridized carbons (Fsp3) is 0.333. The SMILES string of the molecule is Cc1cccc(C)c1-c1cc2nc(n1)NSc1cccc(c1)CN(CC(/C=C\N)=C/N)C(CC(C)C)CO2. The number of rotatable bonds is 6. The number of fused-ring (bicyclic) bond motifs is 4. The zero-order chi connectivity index (χ0) is 27.1. The van der Waals surface area contributed by atoms with Gasteiger partial charge in [-0.05, 0) is 91.0 Å². The standard InChI is InChI=1S/C30H38N6OS/c1-20(2)13-25-19-37-28-15-27(29-21(3)7-5-8-22(29)4)33-30(34-28)35-38-26-10-6-9-23(14-26)17-36(25)18-24(16-32)11-12-31/h5-12,14-16,20,25H,13,17-19,31-32H2,1-4H3,(H,33,34,35)/b12-11-,24-16+. The summed E-state index contributed by atoms with van der Waals surface area (Å²) in [5.74, 6) is 1.55. The van der Waals surface area contributed by atoms with Crippen LogP contribution in [0, 0.1) is 19.8 Å². The molecule has 7 nitrogen and oxygen atoms in total. The minimum Gasteiger partial charge on any atom is -0.476 e. The Morgan fingerprint density at radius 1 is 1.13 bits per heavy atom. The van der Waals surface area contributed by atoms with Crippen LogP contribution in [-0.4, -0.2) is 34.1 Å². The second-order valence-corrected chi connectivity index (χ2v) is 11.0. The van der Waals surface area contributed by atoms with Crippen LogP contribution in [0.4, 0.5) is 5.95 Å². The van der Waals surface area contributed by atoms with Gasteiger partial charge in [0, 0.05) is 35.7 Å². The highest BCUT2D eigenvalue weighted by Gasteiger charge is 2.23. The third-order valence-electron chi connectivity index (χ3n) is 6.58. The Morgan fingerprint density at radius 2 is 1.89 bits per heavy atom. The second-order valence-electron chi connectivity index (χ2n) is 10.1. The molecular formula is C30H38N6OS. The Bertz CT molecular complexity index is 1290. The molecule has 0 saturated heterocycles. The summed E-state index contributed by atoms with van der Waals surface area (Å²) < 4.78 is 9.79. The quantitative estimate of drug-likeness (QED) is 0.271. The largest absolute Gasteiger partial charge is 0.476 e. The fourth-order valence-corrected chi connectivity index (χ4v) is 5.48. The molecule has 2 aromatic carbocycles. The number of benzene rings is 2. The second kappa shape index (κ2) is 12.8. The van der Waals surface area contributed by atoms with E-state index in [1.165, 1.54) is 23.7 Å². The maximum Gasteiger partial charge on any atom is 0.237 e. The lowest BCUT2D eigenvalue weighted by Crippen LogP contribution is -2.41. The normalized spacial score (nSPS) is 16.9. The van der Waals surface area contributed by atoms with Crippen LogP contribution in [0.25, 0.3) is 11.3 Å². The van der Waals surface area contributed by atoms with Crippen molar-refractivity contribution in [1.82, 2.24) is 14.9 Å². The molecule has 2 heterocycles. The highest BCUT2D eigenvalue weighted by molar-refractivity contribution is 8.00. The summed E-state index contributed by atoms with van der Waals surface area (Å²) in [6.45, 7) is 10.6. The van der Waals surface area contributed by atoms with Crippen molar-refractivity contribution < 1.29 is 4.74 Å². The van der Waals surface area contributed by atoms with Crippen LogP contribution in [0.3, 0.4) is 0 Å². The van der Waals surface area contributed by atoms with Gasteiger partial charge < -0.3 is 16.2 Å². The summed E-state index contributed by atoms with van der Waals surface area (Å²) >= 11 is 1.50. The van der Waals surface area contributed by atoms with Gasteiger partial charge in [0.05, 0.1) is 5.69 Å². The van der Waals surface area contributed by atoms with Crippen molar-refractivity contribution in [2.75, 3.05) is 17.9 Å². The van der Waals surface area contributed by atoms with Crippen LogP contribution in [0.15, 0.2) is 77.5 Å². The first-order valence-electron chi connectivity index (χ1n) is 13.0. The van der Waals surface area contributed by atoms with E-state index >= 15 is 0 Å². The van der Waals surface area contributed by atoms with Gasteiger partial charge in [-0.3, -0.25) is 9.62 Å². The van der Waals surface area contributed by atoms with Gasteiger partial charge in [0.25, 0.3) is 0 Å². The Kier molecular flexibility index (Phi) is 9.31. The summed E-state index contributed by atoms with van der Waals surface area (Å²) in [5, 5.41) is 0. The molecule has 0 fully saturated rings. The van der Waals surface area contributed by atoms with E-state index in [-0.39, 0.29) is 6.04 Å². The number of nitrogens with zero attached hydrogens (tertiary/aromatic N) is 3. The van der Waals surface area contributed by atoms with E-state index in [1.54, 1.807) is 6.20 Å². The number of aromatic nitrogens is 2. The van der Waals surface area contributed by atoms with Crippen LogP contribution in [0.2, 0.25) is 0 Å². The number of nitrogens with one attached hydrogen (secondary N) is 1. The lowest BCUT2D eigenvalue weighted by atomic mass is 10.00. The van der Waals surface area contributed by atoms with E-state index in [4.69, 9.17) is 26.2 Å². The molecule has 3 aromatic rings. The van der Waals surface area contributed by atoms with Crippen molar-refractivity contribution in [3.8, 4) is 17.1 Å². The van der Waals surface area contributed by atoms with Crippen molar-refractivity contribution in [3.05, 3.63) is 89.3 Å². The van der Waals surface area contributed by atoms with Gasteiger partial charge in [-0.15, -0.1) is 0 Å². The molecule has 200 valence electrons. The van der Waals surface area contributed by atoms with Gasteiger partial charge in [0.2, 0.25) is 11.8 Å². The molecular weight excluding hydrogens is 492 g/mol. The Morgan fingerprint density at radius 3 is 2.61 bits per heavy atom. The first kappa shape index (κ1) is 27.5. The number of hydrogen-bond acceptors (Lipinski definition) is 8. The number of nitrogens with two attached hydrogens (primary N) is 2. The average Bonchev–Trinajstić information content (AvgIpc) is 2.89. The van der Waals surface area contributed by atoms with Crippen molar-refractivity contribution in [2.45, 2.75) is 51.6 Å². The van der Waals surface area contributed by atoms with Crippen LogP contribution in [0.5, 0.6) is 5.88 Å². The molecule has 1 aliphatic heterocycles. The summed E-state index contributed by atoms with van der Waals surface area (Å²) in [7, 11) is 0. The van der Waals surface area contributed by atoms with E-state index < -0.39 is 0 Å². The smallest absolute Gasteiger partial charge is 0.237 e. The molecule has 8 heteroatoms. The maximum atomic E-state index is 6.44. The molecule has 0 radical (unpaired) electrons. The predicted molar refractivity (Wildman–Crippen MR) is 158 cm³/mol. The summed E-state index contributed by atoms with van der Waals surface area (Å²) in [6, 6.07) is 16.9. The van der Waals surface area contributed by atoms with Gasteiger partial charge in [-0.25, -0.2) is 4.98 Å². The van der Waals surface area contributed by atoms with E-state index in [0.717, 1.165) is 45.8 Å². The molecule has 0 aliphatic carbocycles. The van der Waals surface area contributed by atoms with Crippen molar-refractivity contribution in [2.24, 2.45) is 17.4 Å². The number of ether oxygens (including phenoxy) is 1. The molecule has 4 bridgehead atoms. The van der Waals surface area contributed by atoms with Crippen LogP contribution >= 0.6 is 11.9 Å². The molecule has 38 heavy (non-hydrogen) atoms. The summed E-state index contributed by atoms with van der Waals surface area (Å²) in [6.07, 6.45) is 5.98. The van der Waals surface area contributed by atoms with Crippen LogP contribution < -0.4 is 20.9 Å². The molecule has 4 rings (SSSR count).